The molecule has 9 heteroatoms. The summed E-state index contributed by atoms with van der Waals surface area (Å²) in [6.45, 7) is 1.32. The largest absolute Gasteiger partial charge is 0.376 e. The summed E-state index contributed by atoms with van der Waals surface area (Å²) in [6, 6.07) is 0. The van der Waals surface area contributed by atoms with Crippen molar-refractivity contribution >= 4 is 64.5 Å². The lowest BCUT2D eigenvalue weighted by Gasteiger charge is -2.34. The minimum absolute atomic E-state index is 0.0199. The minimum Gasteiger partial charge on any atom is -0.376 e. The van der Waals surface area contributed by atoms with E-state index in [-0.39, 0.29) is 22.4 Å². The number of carbonyl (C=O) groups is 2. The highest BCUT2D eigenvalue weighted by atomic mass is 32.2. The van der Waals surface area contributed by atoms with Crippen LogP contribution in [0.3, 0.4) is 0 Å². The van der Waals surface area contributed by atoms with Gasteiger partial charge in [0.25, 0.3) is 5.91 Å². The second kappa shape index (κ2) is 7.99. The summed E-state index contributed by atoms with van der Waals surface area (Å²) in [4.78, 5) is 29.2. The zero-order valence-corrected chi connectivity index (χ0v) is 16.7. The zero-order chi connectivity index (χ0) is 17.3. The van der Waals surface area contributed by atoms with E-state index in [0.29, 0.717) is 35.8 Å². The Labute approximate surface area is 161 Å². The number of rotatable bonds is 3. The number of hydrogen-bond acceptors (Lipinski definition) is 7. The summed E-state index contributed by atoms with van der Waals surface area (Å²) in [5, 5.41) is 0. The van der Waals surface area contributed by atoms with Gasteiger partial charge >= 0.3 is 0 Å². The van der Waals surface area contributed by atoms with Crippen LogP contribution in [0.2, 0.25) is 0 Å². The van der Waals surface area contributed by atoms with Gasteiger partial charge in [0.05, 0.1) is 12.0 Å². The second-order valence-corrected chi connectivity index (χ2v) is 9.55. The Morgan fingerprint density at radius 1 is 1.38 bits per heavy atom. The number of ether oxygens (including phenoxy) is 1. The Bertz CT molecular complexity index is 583. The Morgan fingerprint density at radius 3 is 2.75 bits per heavy atom. The van der Waals surface area contributed by atoms with E-state index < -0.39 is 6.10 Å². The lowest BCUT2D eigenvalue weighted by atomic mass is 9.84. The number of thiocarbonyl (C=S) groups is 1. The third-order valence-electron chi connectivity index (χ3n) is 4.49. The summed E-state index contributed by atoms with van der Waals surface area (Å²) in [5.41, 5.74) is 0.585. The highest BCUT2D eigenvalue weighted by molar-refractivity contribution is 8.23. The number of allylic oxidation sites excluding steroid dienone is 1. The molecule has 24 heavy (non-hydrogen) atoms. The molecule has 132 valence electrons. The molecule has 1 aliphatic carbocycles. The van der Waals surface area contributed by atoms with E-state index in [2.05, 4.69) is 12.6 Å². The summed E-state index contributed by atoms with van der Waals surface area (Å²) in [6.07, 6.45) is 2.78. The molecule has 0 radical (unpaired) electrons. The Kier molecular flexibility index (Phi) is 6.18. The van der Waals surface area contributed by atoms with Crippen LogP contribution in [0, 0.1) is 5.92 Å². The van der Waals surface area contributed by atoms with Crippen molar-refractivity contribution in [1.29, 1.82) is 0 Å². The molecule has 2 heterocycles. The first-order valence-electron chi connectivity index (χ1n) is 7.86. The van der Waals surface area contributed by atoms with Crippen molar-refractivity contribution in [2.45, 2.75) is 23.7 Å². The van der Waals surface area contributed by atoms with Gasteiger partial charge in [0.2, 0.25) is 5.91 Å². The molecule has 2 fully saturated rings. The molecule has 0 bridgehead atoms. The molecule has 2 saturated heterocycles. The van der Waals surface area contributed by atoms with Crippen LogP contribution in [-0.4, -0.2) is 68.4 Å². The van der Waals surface area contributed by atoms with Crippen molar-refractivity contribution in [3.8, 4) is 0 Å². The molecule has 0 spiro atoms. The van der Waals surface area contributed by atoms with Gasteiger partial charge in [-0.25, -0.2) is 0 Å². The maximum atomic E-state index is 12.9. The predicted octanol–water partition coefficient (Wildman–Crippen LogP) is 1.99. The molecule has 1 unspecified atom stereocenters. The van der Waals surface area contributed by atoms with Crippen molar-refractivity contribution < 1.29 is 14.3 Å². The first kappa shape index (κ1) is 18.6. The van der Waals surface area contributed by atoms with Gasteiger partial charge in [-0.3, -0.25) is 14.5 Å². The van der Waals surface area contributed by atoms with Crippen molar-refractivity contribution in [3.05, 3.63) is 11.6 Å². The Hall–Kier alpha value is -0.220. The van der Waals surface area contributed by atoms with E-state index in [1.165, 1.54) is 11.8 Å². The van der Waals surface area contributed by atoms with Crippen LogP contribution in [0.5, 0.6) is 0 Å². The van der Waals surface area contributed by atoms with Gasteiger partial charge in [-0.05, 0) is 12.8 Å². The molecule has 2 aliphatic heterocycles. The monoisotopic (exact) mass is 404 g/mol. The Balaban J connectivity index is 1.79. The molecule has 0 aromatic heterocycles. The van der Waals surface area contributed by atoms with E-state index in [1.54, 1.807) is 28.7 Å². The van der Waals surface area contributed by atoms with E-state index in [9.17, 15) is 9.59 Å². The van der Waals surface area contributed by atoms with E-state index in [1.807, 2.05) is 6.08 Å². The molecule has 2 amide bonds. The van der Waals surface area contributed by atoms with Crippen LogP contribution in [-0.2, 0) is 14.3 Å². The number of hydrogen-bond donors (Lipinski definition) is 1. The standard InChI is InChI=1S/C15H20N2O3S4/c1-20-11-9(12(18)16-5-7-23-14(16)21)3-2-4-10(11)13(19)17-6-8-24-15(17)22/h3,10-11,14,21H,2,4-8H2,1H3/t10?,11-,14-/m0/s1. The molecular weight excluding hydrogens is 384 g/mol. The molecule has 3 rings (SSSR count). The van der Waals surface area contributed by atoms with Gasteiger partial charge in [0.15, 0.2) is 0 Å². The molecular formula is C15H20N2O3S4. The smallest absolute Gasteiger partial charge is 0.253 e. The summed E-state index contributed by atoms with van der Waals surface area (Å²) >= 11 is 12.9. The number of thioether (sulfide) groups is 2. The third-order valence-corrected chi connectivity index (χ3v) is 7.61. The first-order chi connectivity index (χ1) is 11.5. The third kappa shape index (κ3) is 3.51. The summed E-state index contributed by atoms with van der Waals surface area (Å²) < 4.78 is 6.10. The average molecular weight is 405 g/mol. The lowest BCUT2D eigenvalue weighted by molar-refractivity contribution is -0.136. The maximum absolute atomic E-state index is 12.9. The Morgan fingerprint density at radius 2 is 2.17 bits per heavy atom. The van der Waals surface area contributed by atoms with Crippen molar-refractivity contribution in [2.24, 2.45) is 5.92 Å². The maximum Gasteiger partial charge on any atom is 0.253 e. The highest BCUT2D eigenvalue weighted by Gasteiger charge is 2.42. The number of nitrogens with zero attached hydrogens (tertiary/aromatic N) is 2. The summed E-state index contributed by atoms with van der Waals surface area (Å²) in [5.74, 6) is 1.27. The van der Waals surface area contributed by atoms with Gasteiger partial charge in [-0.15, -0.1) is 24.4 Å². The van der Waals surface area contributed by atoms with Gasteiger partial charge < -0.3 is 9.64 Å². The fraction of sp³-hybridized carbons (Fsp3) is 0.667. The van der Waals surface area contributed by atoms with Crippen LogP contribution < -0.4 is 0 Å². The van der Waals surface area contributed by atoms with Gasteiger partial charge in [0.1, 0.15) is 9.03 Å². The number of amides is 2. The molecule has 0 aromatic rings. The first-order valence-corrected chi connectivity index (χ1v) is 10.8. The van der Waals surface area contributed by atoms with Gasteiger partial charge in [-0.1, -0.05) is 30.1 Å². The normalized spacial score (nSPS) is 30.7. The van der Waals surface area contributed by atoms with E-state index >= 15 is 0 Å². The van der Waals surface area contributed by atoms with Crippen LogP contribution in [0.15, 0.2) is 11.6 Å². The number of methoxy groups -OCH3 is 1. The second-order valence-electron chi connectivity index (χ2n) is 5.80. The zero-order valence-electron chi connectivity index (χ0n) is 13.3. The van der Waals surface area contributed by atoms with Crippen LogP contribution >= 0.6 is 48.4 Å². The summed E-state index contributed by atoms with van der Waals surface area (Å²) in [7, 11) is 1.56. The van der Waals surface area contributed by atoms with E-state index in [4.69, 9.17) is 17.0 Å². The molecule has 0 N–H and O–H groups in total. The SMILES string of the molecule is CO[C@H]1C(C(=O)N2CCS[C@@H]2S)=CCCC1C(=O)N1CCSC1=S. The van der Waals surface area contributed by atoms with Crippen molar-refractivity contribution in [1.82, 2.24) is 9.80 Å². The molecule has 0 aromatic carbocycles. The van der Waals surface area contributed by atoms with Gasteiger partial charge in [-0.2, -0.15) is 0 Å². The molecule has 0 saturated carbocycles. The van der Waals surface area contributed by atoms with Crippen LogP contribution in [0.1, 0.15) is 12.8 Å². The highest BCUT2D eigenvalue weighted by Crippen LogP contribution is 2.34. The number of thiol groups is 1. The number of carbonyl (C=O) groups excluding carboxylic acids is 2. The van der Waals surface area contributed by atoms with Crippen LogP contribution in [0.4, 0.5) is 0 Å². The van der Waals surface area contributed by atoms with Crippen LogP contribution in [0.25, 0.3) is 0 Å². The molecule has 5 nitrogen and oxygen atoms in total. The fourth-order valence-electron chi connectivity index (χ4n) is 3.27. The fourth-order valence-corrected chi connectivity index (χ4v) is 5.92. The van der Waals surface area contributed by atoms with Crippen molar-refractivity contribution in [3.63, 3.8) is 0 Å². The van der Waals surface area contributed by atoms with Gasteiger partial charge in [0, 0.05) is 37.3 Å². The lowest BCUT2D eigenvalue weighted by Crippen LogP contribution is -2.46. The minimum atomic E-state index is -0.515. The average Bonchev–Trinajstić information content (AvgIpc) is 3.21. The van der Waals surface area contributed by atoms with E-state index in [0.717, 1.165) is 11.5 Å². The molecule has 3 aliphatic rings. The topological polar surface area (TPSA) is 49.9 Å². The quantitative estimate of drug-likeness (QED) is 0.573. The predicted molar refractivity (Wildman–Crippen MR) is 105 cm³/mol. The molecule has 3 atom stereocenters. The van der Waals surface area contributed by atoms with Crippen molar-refractivity contribution in [2.75, 3.05) is 31.7 Å².